The van der Waals surface area contributed by atoms with Crippen LogP contribution in [0.25, 0.3) is 0 Å². The normalized spacial score (nSPS) is 10.4. The summed E-state index contributed by atoms with van der Waals surface area (Å²) in [5.41, 5.74) is -0.248. The minimum Gasteiger partial charge on any atom is -0.496 e. The second-order valence-corrected chi connectivity index (χ2v) is 5.00. The molecule has 0 aliphatic heterocycles. The Morgan fingerprint density at radius 3 is 2.74 bits per heavy atom. The number of hydrogen-bond acceptors (Lipinski definition) is 6. The summed E-state index contributed by atoms with van der Waals surface area (Å²) in [4.78, 5) is 22.1. The molecule has 128 valence electrons. The van der Waals surface area contributed by atoms with Crippen LogP contribution in [0, 0.1) is 10.1 Å². The average molecular weight is 326 g/mol. The van der Waals surface area contributed by atoms with Crippen LogP contribution in [-0.2, 0) is 9.53 Å². The van der Waals surface area contributed by atoms with Gasteiger partial charge in [0, 0.05) is 13.2 Å². The highest BCUT2D eigenvalue weighted by atomic mass is 16.6. The van der Waals surface area contributed by atoms with Gasteiger partial charge in [0.1, 0.15) is 5.75 Å². The Hall–Kier alpha value is -2.35. The molecule has 1 rings (SSSR count). The molecule has 0 fully saturated rings. The predicted octanol–water partition coefficient (Wildman–Crippen LogP) is 1.91. The predicted molar refractivity (Wildman–Crippen MR) is 83.9 cm³/mol. The molecule has 0 saturated carbocycles. The molecule has 0 heterocycles. The lowest BCUT2D eigenvalue weighted by molar-refractivity contribution is -0.385. The van der Waals surface area contributed by atoms with E-state index < -0.39 is 4.92 Å². The molecule has 1 aromatic carbocycles. The lowest BCUT2D eigenvalue weighted by Gasteiger charge is -2.10. The fourth-order valence-corrected chi connectivity index (χ4v) is 1.70. The van der Waals surface area contributed by atoms with Crippen LogP contribution in [-0.4, -0.2) is 43.8 Å². The molecule has 0 saturated heterocycles. The smallest absolute Gasteiger partial charge is 0.314 e. The lowest BCUT2D eigenvalue weighted by atomic mass is 10.3. The molecule has 0 radical (unpaired) electrons. The minimum atomic E-state index is -0.584. The number of carbonyl (C=O) groups is 1. The summed E-state index contributed by atoms with van der Waals surface area (Å²) in [6, 6.07) is 4.18. The highest BCUT2D eigenvalue weighted by Crippen LogP contribution is 2.30. The van der Waals surface area contributed by atoms with E-state index in [4.69, 9.17) is 14.2 Å². The maximum atomic E-state index is 11.6. The van der Waals surface area contributed by atoms with E-state index in [1.54, 1.807) is 0 Å². The largest absolute Gasteiger partial charge is 0.496 e. The Morgan fingerprint density at radius 2 is 2.13 bits per heavy atom. The standard InChI is InChI=1S/C15H22N2O6/c1-11(2)22-8-4-7-16-15(18)10-23-14-6-5-12(21-3)9-13(14)17(19)20/h5-6,9,11H,4,7-8,10H2,1-3H3,(H,16,18). The maximum Gasteiger partial charge on any atom is 0.314 e. The van der Waals surface area contributed by atoms with E-state index in [9.17, 15) is 14.9 Å². The average Bonchev–Trinajstić information content (AvgIpc) is 2.52. The maximum absolute atomic E-state index is 11.6. The summed E-state index contributed by atoms with van der Waals surface area (Å²) in [6.45, 7) is 4.60. The molecule has 8 nitrogen and oxygen atoms in total. The summed E-state index contributed by atoms with van der Waals surface area (Å²) in [5.74, 6) is 0.0207. The molecule has 0 aliphatic rings. The number of ether oxygens (including phenoxy) is 3. The number of amides is 1. The Morgan fingerprint density at radius 1 is 1.39 bits per heavy atom. The van der Waals surface area contributed by atoms with Crippen molar-refractivity contribution in [3.05, 3.63) is 28.3 Å². The molecule has 0 aliphatic carbocycles. The van der Waals surface area contributed by atoms with Gasteiger partial charge in [0.25, 0.3) is 5.91 Å². The Bertz CT molecular complexity index is 533. The number of carbonyl (C=O) groups excluding carboxylic acids is 1. The van der Waals surface area contributed by atoms with Gasteiger partial charge in [-0.2, -0.15) is 0 Å². The molecule has 0 atom stereocenters. The third-order valence-corrected chi connectivity index (χ3v) is 2.82. The zero-order valence-electron chi connectivity index (χ0n) is 13.5. The first-order chi connectivity index (χ1) is 10.9. The van der Waals surface area contributed by atoms with Crippen LogP contribution in [0.5, 0.6) is 11.5 Å². The highest BCUT2D eigenvalue weighted by molar-refractivity contribution is 5.77. The van der Waals surface area contributed by atoms with Crippen molar-refractivity contribution in [3.8, 4) is 11.5 Å². The molecule has 23 heavy (non-hydrogen) atoms. The summed E-state index contributed by atoms with van der Waals surface area (Å²) in [5, 5.41) is 13.6. The zero-order valence-corrected chi connectivity index (χ0v) is 13.5. The Kier molecular flexibility index (Phi) is 7.82. The van der Waals surface area contributed by atoms with Gasteiger partial charge in [-0.25, -0.2) is 0 Å². The van der Waals surface area contributed by atoms with E-state index in [0.29, 0.717) is 25.3 Å². The number of nitrogens with zero attached hydrogens (tertiary/aromatic N) is 1. The van der Waals surface area contributed by atoms with Crippen LogP contribution < -0.4 is 14.8 Å². The summed E-state index contributed by atoms with van der Waals surface area (Å²) in [6.07, 6.45) is 0.844. The van der Waals surface area contributed by atoms with Gasteiger partial charge >= 0.3 is 5.69 Å². The summed E-state index contributed by atoms with van der Waals surface area (Å²) < 4.78 is 15.5. The fourth-order valence-electron chi connectivity index (χ4n) is 1.70. The van der Waals surface area contributed by atoms with Crippen molar-refractivity contribution in [2.24, 2.45) is 0 Å². The molecule has 1 amide bonds. The third-order valence-electron chi connectivity index (χ3n) is 2.82. The second-order valence-electron chi connectivity index (χ2n) is 5.00. The van der Waals surface area contributed by atoms with Gasteiger partial charge < -0.3 is 19.5 Å². The SMILES string of the molecule is COc1ccc(OCC(=O)NCCCOC(C)C)c([N+](=O)[O-])c1. The monoisotopic (exact) mass is 326 g/mol. The Labute approximate surface area is 134 Å². The van der Waals surface area contributed by atoms with Gasteiger partial charge in [0.05, 0.1) is 24.2 Å². The topological polar surface area (TPSA) is 99.9 Å². The van der Waals surface area contributed by atoms with Gasteiger partial charge in [-0.15, -0.1) is 0 Å². The van der Waals surface area contributed by atoms with Crippen molar-refractivity contribution in [2.75, 3.05) is 26.9 Å². The molecule has 8 heteroatoms. The second kappa shape index (κ2) is 9.62. The van der Waals surface area contributed by atoms with Gasteiger partial charge in [0.15, 0.2) is 12.4 Å². The van der Waals surface area contributed by atoms with Gasteiger partial charge in [-0.3, -0.25) is 14.9 Å². The van der Waals surface area contributed by atoms with E-state index in [2.05, 4.69) is 5.32 Å². The van der Waals surface area contributed by atoms with Crippen molar-refractivity contribution in [1.82, 2.24) is 5.32 Å². The number of nitro groups is 1. The molecule has 1 aromatic rings. The van der Waals surface area contributed by atoms with E-state index in [1.165, 1.54) is 25.3 Å². The van der Waals surface area contributed by atoms with Gasteiger partial charge in [-0.05, 0) is 32.4 Å². The van der Waals surface area contributed by atoms with Crippen molar-refractivity contribution >= 4 is 11.6 Å². The van der Waals surface area contributed by atoms with E-state index >= 15 is 0 Å². The van der Waals surface area contributed by atoms with Crippen LogP contribution >= 0.6 is 0 Å². The molecule has 0 aromatic heterocycles. The highest BCUT2D eigenvalue weighted by Gasteiger charge is 2.17. The van der Waals surface area contributed by atoms with Crippen LogP contribution in [0.2, 0.25) is 0 Å². The molecule has 0 spiro atoms. The van der Waals surface area contributed by atoms with Crippen molar-refractivity contribution in [1.29, 1.82) is 0 Å². The van der Waals surface area contributed by atoms with Crippen molar-refractivity contribution in [2.45, 2.75) is 26.4 Å². The van der Waals surface area contributed by atoms with Gasteiger partial charge in [-0.1, -0.05) is 0 Å². The molecular formula is C15H22N2O6. The number of benzene rings is 1. The molecule has 0 unspecified atom stereocenters. The molecule has 0 bridgehead atoms. The number of nitrogens with one attached hydrogen (secondary N) is 1. The van der Waals surface area contributed by atoms with Crippen molar-refractivity contribution in [3.63, 3.8) is 0 Å². The molecular weight excluding hydrogens is 304 g/mol. The van der Waals surface area contributed by atoms with Crippen LogP contribution in [0.3, 0.4) is 0 Å². The quantitative estimate of drug-likeness (QED) is 0.400. The van der Waals surface area contributed by atoms with Crippen molar-refractivity contribution < 1.29 is 23.9 Å². The number of rotatable bonds is 10. The summed E-state index contributed by atoms with van der Waals surface area (Å²) in [7, 11) is 1.41. The van der Waals surface area contributed by atoms with E-state index in [0.717, 1.165) is 0 Å². The zero-order chi connectivity index (χ0) is 17.2. The summed E-state index contributed by atoms with van der Waals surface area (Å²) >= 11 is 0. The molecule has 1 N–H and O–H groups in total. The minimum absolute atomic E-state index is 0.0223. The third kappa shape index (κ3) is 6.96. The first kappa shape index (κ1) is 18.7. The lowest BCUT2D eigenvalue weighted by Crippen LogP contribution is -2.30. The van der Waals surface area contributed by atoms with Crippen LogP contribution in [0.1, 0.15) is 20.3 Å². The van der Waals surface area contributed by atoms with Crippen LogP contribution in [0.4, 0.5) is 5.69 Å². The van der Waals surface area contributed by atoms with E-state index in [1.807, 2.05) is 13.8 Å². The Balaban J connectivity index is 2.42. The van der Waals surface area contributed by atoms with Gasteiger partial charge in [0.2, 0.25) is 0 Å². The van der Waals surface area contributed by atoms with E-state index in [-0.39, 0.29) is 30.1 Å². The number of nitro benzene ring substituents is 1. The van der Waals surface area contributed by atoms with Crippen LogP contribution in [0.15, 0.2) is 18.2 Å². The fraction of sp³-hybridized carbons (Fsp3) is 0.533. The number of hydrogen-bond donors (Lipinski definition) is 1. The first-order valence-electron chi connectivity index (χ1n) is 7.27. The first-order valence-corrected chi connectivity index (χ1v) is 7.27. The number of methoxy groups -OCH3 is 1.